The Hall–Kier alpha value is -3.10. The summed E-state index contributed by atoms with van der Waals surface area (Å²) >= 11 is 13.6. The zero-order valence-corrected chi connectivity index (χ0v) is 42.0. The van der Waals surface area contributed by atoms with Crippen molar-refractivity contribution in [1.82, 2.24) is 4.98 Å². The van der Waals surface area contributed by atoms with Crippen molar-refractivity contribution in [2.45, 2.75) is 118 Å². The Morgan fingerprint density at radius 3 is 1.10 bits per heavy atom. The van der Waals surface area contributed by atoms with E-state index in [1.807, 2.05) is 91.0 Å². The minimum atomic E-state index is -0.921. The first-order chi connectivity index (χ1) is 27.7. The number of rotatable bonds is 14. The van der Waals surface area contributed by atoms with Crippen LogP contribution in [0.1, 0.15) is 100 Å². The van der Waals surface area contributed by atoms with E-state index < -0.39 is 16.1 Å². The predicted octanol–water partition coefficient (Wildman–Crippen LogP) is 16.2. The van der Waals surface area contributed by atoms with E-state index in [0.717, 1.165) is 80.4 Å². The zero-order valence-electron chi connectivity index (χ0n) is 37.3. The molecule has 0 unspecified atom stereocenters. The molecule has 0 saturated heterocycles. The summed E-state index contributed by atoms with van der Waals surface area (Å²) in [7, 11) is -1.84. The molecule has 316 valence electrons. The van der Waals surface area contributed by atoms with Gasteiger partial charge in [0.15, 0.2) is 0 Å². The first-order valence-corrected chi connectivity index (χ1v) is 27.7. The number of halogens is 2. The summed E-state index contributed by atoms with van der Waals surface area (Å²) in [5, 5.41) is 1.26. The van der Waals surface area contributed by atoms with Gasteiger partial charge in [0.2, 0.25) is 0 Å². The molecule has 0 amide bonds. The number of nitrogens with zero attached hydrogens (tertiary/aromatic N) is 3. The second-order valence-corrected chi connectivity index (χ2v) is 26.5. The van der Waals surface area contributed by atoms with E-state index in [0.29, 0.717) is 10.0 Å². The third-order valence-corrected chi connectivity index (χ3v) is 21.2. The number of aryl methyl sites for hydroxylation is 4. The van der Waals surface area contributed by atoms with E-state index in [4.69, 9.17) is 38.2 Å². The molecule has 0 spiro atoms. The molecule has 0 atom stereocenters. The van der Waals surface area contributed by atoms with Gasteiger partial charge < -0.3 is 13.1 Å². The molecule has 0 fully saturated rings. The van der Waals surface area contributed by atoms with Gasteiger partial charge >= 0.3 is 17.1 Å². The third-order valence-electron chi connectivity index (χ3n) is 11.6. The van der Waals surface area contributed by atoms with Crippen LogP contribution in [0.4, 0.5) is 11.4 Å². The monoisotopic (exact) mass is 903 g/mol. The van der Waals surface area contributed by atoms with Gasteiger partial charge in [-0.25, -0.2) is 15.0 Å². The van der Waals surface area contributed by atoms with Crippen LogP contribution in [0.15, 0.2) is 113 Å². The van der Waals surface area contributed by atoms with Crippen molar-refractivity contribution in [3.63, 3.8) is 0 Å². The van der Waals surface area contributed by atoms with Crippen LogP contribution in [0, 0.1) is 26.9 Å². The average molecular weight is 905 g/mol. The van der Waals surface area contributed by atoms with Crippen molar-refractivity contribution in [3.05, 3.63) is 171 Å². The number of hydrogen-bond donors (Lipinski definition) is 0. The Morgan fingerprint density at radius 2 is 0.831 bits per heavy atom. The van der Waals surface area contributed by atoms with Gasteiger partial charge in [-0.3, -0.25) is 0 Å². The molecule has 0 saturated carbocycles. The van der Waals surface area contributed by atoms with Crippen LogP contribution in [0.5, 0.6) is 0 Å². The Morgan fingerprint density at radius 1 is 0.508 bits per heavy atom. The van der Waals surface area contributed by atoms with Gasteiger partial charge in [-0.2, -0.15) is 0 Å². The number of aliphatic imine (C=N–C) groups is 2. The number of pyridine rings is 1. The molecule has 1 aromatic heterocycles. The van der Waals surface area contributed by atoms with Crippen LogP contribution in [0.2, 0.25) is 46.3 Å². The molecule has 0 aliphatic rings. The fraction of sp³-hybridized carbons (Fsp3) is 0.353. The minimum Gasteiger partial charge on any atom is -0.342 e. The van der Waals surface area contributed by atoms with Crippen molar-refractivity contribution in [3.8, 4) is 0 Å². The second-order valence-electron chi connectivity index (χ2n) is 15.4. The van der Waals surface area contributed by atoms with Crippen LogP contribution in [0.25, 0.3) is 0 Å². The first kappa shape index (κ1) is 52.0. The van der Waals surface area contributed by atoms with Gasteiger partial charge in [-0.15, -0.1) is 0 Å². The van der Waals surface area contributed by atoms with Crippen molar-refractivity contribution in [2.24, 2.45) is 9.98 Å². The standard InChI is InChI=1S/C37H33Cl2N3.2C7H17Si.Fe/c1-5-26-20-24(3)22-30(38)34(26)41-36(28-14-9-7-10-15-28)32-18-13-19-33(40-32)37(29-16-11-8-12-17-29)42-35-27(6-2)21-25(4)23-31(35)39;2*1-5-8(4,6-2)7-3;/h7-23H,5-6H2,1-4H3;2*4-7H2,1-3H3;/q;2*-1;+2. The molecule has 0 radical (unpaired) electrons. The topological polar surface area (TPSA) is 37.6 Å². The molecule has 0 N–H and O–H groups in total. The Labute approximate surface area is 381 Å². The Balaban J connectivity index is 0.000000596. The zero-order chi connectivity index (χ0) is 42.9. The summed E-state index contributed by atoms with van der Waals surface area (Å²) in [5.74, 6) is 0. The van der Waals surface area contributed by atoms with Crippen LogP contribution in [-0.2, 0) is 29.9 Å². The molecule has 59 heavy (non-hydrogen) atoms. The molecule has 5 aromatic rings. The fourth-order valence-corrected chi connectivity index (χ4v) is 10.2. The van der Waals surface area contributed by atoms with E-state index in [1.54, 1.807) is 0 Å². The molecule has 5 rings (SSSR count). The van der Waals surface area contributed by atoms with Crippen molar-refractivity contribution < 1.29 is 17.1 Å². The maximum atomic E-state index is 6.78. The summed E-state index contributed by atoms with van der Waals surface area (Å²) in [4.78, 5) is 15.5. The molecule has 3 nitrogen and oxygen atoms in total. The smallest absolute Gasteiger partial charge is 0.342 e. The second kappa shape index (κ2) is 25.6. The molecule has 0 aliphatic heterocycles. The number of benzene rings is 4. The molecule has 4 aromatic carbocycles. The van der Waals surface area contributed by atoms with E-state index in [2.05, 4.69) is 94.5 Å². The van der Waals surface area contributed by atoms with Gasteiger partial charge in [-0.1, -0.05) is 210 Å². The number of aromatic nitrogens is 1. The van der Waals surface area contributed by atoms with Crippen LogP contribution >= 0.6 is 23.2 Å². The Bertz CT molecular complexity index is 1930. The number of hydrogen-bond acceptors (Lipinski definition) is 3. The van der Waals surface area contributed by atoms with Crippen LogP contribution in [-0.4, -0.2) is 32.6 Å². The molecule has 0 bridgehead atoms. The molecular formula is C51H67Cl2FeN3Si2. The largest absolute Gasteiger partial charge is 2.00 e. The van der Waals surface area contributed by atoms with Gasteiger partial charge in [0.1, 0.15) is 0 Å². The molecule has 8 heteroatoms. The Kier molecular flexibility index (Phi) is 22.6. The van der Waals surface area contributed by atoms with Gasteiger partial charge in [0.25, 0.3) is 0 Å². The van der Waals surface area contributed by atoms with Gasteiger partial charge in [0.05, 0.1) is 44.2 Å². The van der Waals surface area contributed by atoms with Crippen LogP contribution < -0.4 is 0 Å². The van der Waals surface area contributed by atoms with E-state index in [-0.39, 0.29) is 17.1 Å². The first-order valence-electron chi connectivity index (χ1n) is 21.3. The van der Waals surface area contributed by atoms with E-state index in [9.17, 15) is 0 Å². The fourth-order valence-electron chi connectivity index (χ4n) is 6.56. The van der Waals surface area contributed by atoms with Crippen LogP contribution in [0.3, 0.4) is 0 Å². The third kappa shape index (κ3) is 15.1. The summed E-state index contributed by atoms with van der Waals surface area (Å²) in [6.07, 6.45) is 1.63. The van der Waals surface area contributed by atoms with Crippen molar-refractivity contribution in [1.29, 1.82) is 0 Å². The summed E-state index contributed by atoms with van der Waals surface area (Å²) in [5.41, 5.74) is 10.8. The SMILES string of the molecule is CCc1cc(C)cc(Cl)c1N=C(c1ccccc1)c1cccc(C(=Nc2c(Cl)cc(C)cc2CC)c2ccccc2)n1.[CH2-][Si](CC)(CC)CC.[CH2-][Si](CC)(CC)CC.[Fe+2]. The quantitative estimate of drug-likeness (QED) is 0.0621. The summed E-state index contributed by atoms with van der Waals surface area (Å²) in [6.45, 7) is 30.5. The summed E-state index contributed by atoms with van der Waals surface area (Å²) in [6, 6.07) is 42.5. The molecular weight excluding hydrogens is 838 g/mol. The van der Waals surface area contributed by atoms with Gasteiger partial charge in [0, 0.05) is 11.1 Å². The molecule has 0 aliphatic carbocycles. The minimum absolute atomic E-state index is 0. The maximum Gasteiger partial charge on any atom is 2.00 e. The van der Waals surface area contributed by atoms with Gasteiger partial charge in [-0.05, 0) is 73.2 Å². The predicted molar refractivity (Wildman–Crippen MR) is 264 cm³/mol. The normalized spacial score (nSPS) is 11.8. The van der Waals surface area contributed by atoms with E-state index >= 15 is 0 Å². The van der Waals surface area contributed by atoms with Crippen molar-refractivity contribution in [2.75, 3.05) is 0 Å². The maximum absolute atomic E-state index is 6.78. The van der Waals surface area contributed by atoms with E-state index in [1.165, 1.54) is 36.3 Å². The summed E-state index contributed by atoms with van der Waals surface area (Å²) < 4.78 is 0. The molecule has 1 heterocycles. The average Bonchev–Trinajstić information content (AvgIpc) is 3.25. The van der Waals surface area contributed by atoms with Crippen molar-refractivity contribution >= 4 is 62.1 Å².